The maximum absolute atomic E-state index is 12.9. The van der Waals surface area contributed by atoms with Crippen molar-refractivity contribution < 1.29 is 13.9 Å². The highest BCUT2D eigenvalue weighted by Gasteiger charge is 2.05. The number of rotatable bonds is 8. The summed E-state index contributed by atoms with van der Waals surface area (Å²) in [6.45, 7) is 5.28. The first-order valence-electron chi connectivity index (χ1n) is 9.23. The van der Waals surface area contributed by atoms with Crippen LogP contribution in [0.4, 0.5) is 10.1 Å². The van der Waals surface area contributed by atoms with Gasteiger partial charge in [0.2, 0.25) is 5.91 Å². The van der Waals surface area contributed by atoms with E-state index in [0.29, 0.717) is 24.7 Å². The fraction of sp³-hybridized carbons (Fsp3) is 0.333. The van der Waals surface area contributed by atoms with Gasteiger partial charge in [-0.3, -0.25) is 4.79 Å². The molecule has 28 heavy (non-hydrogen) atoms. The van der Waals surface area contributed by atoms with Gasteiger partial charge in [-0.05, 0) is 61.7 Å². The van der Waals surface area contributed by atoms with Gasteiger partial charge in [-0.2, -0.15) is 0 Å². The molecule has 150 valence electrons. The van der Waals surface area contributed by atoms with Gasteiger partial charge >= 0.3 is 0 Å². The second kappa shape index (κ2) is 10.9. The first-order valence-corrected chi connectivity index (χ1v) is 9.23. The highest BCUT2D eigenvalue weighted by molar-refractivity contribution is 5.94. The van der Waals surface area contributed by atoms with Gasteiger partial charge in [0.05, 0.1) is 7.11 Å². The molecule has 2 rings (SSSR count). The minimum Gasteiger partial charge on any atom is -0.496 e. The molecule has 0 saturated heterocycles. The summed E-state index contributed by atoms with van der Waals surface area (Å²) < 4.78 is 18.3. The number of halogens is 1. The zero-order chi connectivity index (χ0) is 20.4. The van der Waals surface area contributed by atoms with Crippen LogP contribution in [0, 0.1) is 12.7 Å². The van der Waals surface area contributed by atoms with Gasteiger partial charge in [-0.15, -0.1) is 0 Å². The molecule has 2 aromatic rings. The van der Waals surface area contributed by atoms with Crippen LogP contribution in [0.1, 0.15) is 18.1 Å². The van der Waals surface area contributed by atoms with Crippen LogP contribution in [0.15, 0.2) is 47.5 Å². The SMILES string of the molecule is CCNC(=NCC(=O)Nc1ccc(F)cc1)NCCc1ccc(C)c(OC)c1. The maximum Gasteiger partial charge on any atom is 0.246 e. The van der Waals surface area contributed by atoms with Crippen LogP contribution in [0.3, 0.4) is 0 Å². The molecular formula is C21H27FN4O2. The van der Waals surface area contributed by atoms with Crippen molar-refractivity contribution >= 4 is 17.6 Å². The lowest BCUT2D eigenvalue weighted by molar-refractivity contribution is -0.114. The molecule has 0 saturated carbocycles. The van der Waals surface area contributed by atoms with E-state index in [2.05, 4.69) is 27.0 Å². The number of carbonyl (C=O) groups is 1. The Kier molecular flexibility index (Phi) is 8.27. The number of guanidine groups is 1. The number of aliphatic imine (C=N–C) groups is 1. The highest BCUT2D eigenvalue weighted by Crippen LogP contribution is 2.19. The Balaban J connectivity index is 1.85. The lowest BCUT2D eigenvalue weighted by Gasteiger charge is -2.12. The second-order valence-corrected chi connectivity index (χ2v) is 6.23. The molecule has 0 spiro atoms. The van der Waals surface area contributed by atoms with Gasteiger partial charge in [0.1, 0.15) is 18.1 Å². The number of anilines is 1. The average Bonchev–Trinajstić information content (AvgIpc) is 2.69. The summed E-state index contributed by atoms with van der Waals surface area (Å²) in [5.41, 5.74) is 2.79. The Morgan fingerprint density at radius 1 is 1.14 bits per heavy atom. The minimum atomic E-state index is -0.346. The highest BCUT2D eigenvalue weighted by atomic mass is 19.1. The van der Waals surface area contributed by atoms with Crippen LogP contribution >= 0.6 is 0 Å². The summed E-state index contributed by atoms with van der Waals surface area (Å²) in [6, 6.07) is 11.7. The summed E-state index contributed by atoms with van der Waals surface area (Å²) in [7, 11) is 1.66. The Morgan fingerprint density at radius 3 is 2.57 bits per heavy atom. The fourth-order valence-corrected chi connectivity index (χ4v) is 2.57. The van der Waals surface area contributed by atoms with E-state index in [0.717, 1.165) is 23.3 Å². The summed E-state index contributed by atoms with van der Waals surface area (Å²) in [5, 5.41) is 9.01. The second-order valence-electron chi connectivity index (χ2n) is 6.23. The normalized spacial score (nSPS) is 11.1. The van der Waals surface area contributed by atoms with Crippen molar-refractivity contribution in [1.29, 1.82) is 0 Å². The quantitative estimate of drug-likeness (QED) is 0.482. The van der Waals surface area contributed by atoms with E-state index in [-0.39, 0.29) is 18.3 Å². The third-order valence-corrected chi connectivity index (χ3v) is 4.03. The standard InChI is InChI=1S/C21H27FN4O2/c1-4-23-21(24-12-11-16-6-5-15(2)19(13-16)28-3)25-14-20(27)26-18-9-7-17(22)8-10-18/h5-10,13H,4,11-12,14H2,1-3H3,(H,26,27)(H2,23,24,25). The number of amides is 1. The number of methoxy groups -OCH3 is 1. The molecule has 0 fully saturated rings. The molecule has 0 aliphatic heterocycles. The van der Waals surface area contributed by atoms with Crippen molar-refractivity contribution in [1.82, 2.24) is 10.6 Å². The lowest BCUT2D eigenvalue weighted by atomic mass is 10.1. The van der Waals surface area contributed by atoms with Gasteiger partial charge in [0.25, 0.3) is 0 Å². The van der Waals surface area contributed by atoms with Crippen molar-refractivity contribution in [2.45, 2.75) is 20.3 Å². The predicted molar refractivity (Wildman–Crippen MR) is 110 cm³/mol. The maximum atomic E-state index is 12.9. The smallest absolute Gasteiger partial charge is 0.246 e. The van der Waals surface area contributed by atoms with Crippen molar-refractivity contribution in [2.75, 3.05) is 32.1 Å². The molecule has 0 aliphatic carbocycles. The summed E-state index contributed by atoms with van der Waals surface area (Å²) in [5.74, 6) is 0.819. The molecule has 3 N–H and O–H groups in total. The van der Waals surface area contributed by atoms with Crippen LogP contribution in [-0.2, 0) is 11.2 Å². The summed E-state index contributed by atoms with van der Waals surface area (Å²) >= 11 is 0. The van der Waals surface area contributed by atoms with E-state index < -0.39 is 0 Å². The summed E-state index contributed by atoms with van der Waals surface area (Å²) in [4.78, 5) is 16.3. The van der Waals surface area contributed by atoms with Crippen LogP contribution in [0.25, 0.3) is 0 Å². The topological polar surface area (TPSA) is 74.8 Å². The van der Waals surface area contributed by atoms with Gasteiger partial charge in [0, 0.05) is 18.8 Å². The van der Waals surface area contributed by atoms with E-state index in [1.54, 1.807) is 7.11 Å². The fourth-order valence-electron chi connectivity index (χ4n) is 2.57. The Bertz CT molecular complexity index is 807. The van der Waals surface area contributed by atoms with Crippen molar-refractivity contribution in [3.63, 3.8) is 0 Å². The van der Waals surface area contributed by atoms with E-state index in [4.69, 9.17) is 4.74 Å². The van der Waals surface area contributed by atoms with E-state index in [9.17, 15) is 9.18 Å². The first kappa shape index (κ1) is 21.2. The zero-order valence-corrected chi connectivity index (χ0v) is 16.5. The van der Waals surface area contributed by atoms with E-state index in [1.165, 1.54) is 24.3 Å². The number of hydrogen-bond donors (Lipinski definition) is 3. The molecule has 1 amide bonds. The zero-order valence-electron chi connectivity index (χ0n) is 16.5. The molecule has 0 unspecified atom stereocenters. The van der Waals surface area contributed by atoms with Gasteiger partial charge in [0.15, 0.2) is 5.96 Å². The Morgan fingerprint density at radius 2 is 1.89 bits per heavy atom. The van der Waals surface area contributed by atoms with Gasteiger partial charge < -0.3 is 20.7 Å². The third-order valence-electron chi connectivity index (χ3n) is 4.03. The number of carbonyl (C=O) groups excluding carboxylic acids is 1. The van der Waals surface area contributed by atoms with E-state index >= 15 is 0 Å². The number of nitrogens with zero attached hydrogens (tertiary/aromatic N) is 1. The predicted octanol–water partition coefficient (Wildman–Crippen LogP) is 2.88. The van der Waals surface area contributed by atoms with E-state index in [1.807, 2.05) is 26.0 Å². The molecule has 7 heteroatoms. The lowest BCUT2D eigenvalue weighted by Crippen LogP contribution is -2.39. The van der Waals surface area contributed by atoms with Crippen molar-refractivity contribution in [2.24, 2.45) is 4.99 Å². The van der Waals surface area contributed by atoms with Gasteiger partial charge in [-0.25, -0.2) is 9.38 Å². The Hall–Kier alpha value is -3.09. The number of benzene rings is 2. The van der Waals surface area contributed by atoms with Crippen molar-refractivity contribution in [3.05, 3.63) is 59.4 Å². The average molecular weight is 386 g/mol. The molecular weight excluding hydrogens is 359 g/mol. The summed E-state index contributed by atoms with van der Waals surface area (Å²) in [6.07, 6.45) is 0.794. The minimum absolute atomic E-state index is 0.0366. The van der Waals surface area contributed by atoms with Crippen LogP contribution in [-0.4, -0.2) is 38.6 Å². The number of nitrogens with one attached hydrogen (secondary N) is 3. The molecule has 0 heterocycles. The van der Waals surface area contributed by atoms with Gasteiger partial charge in [-0.1, -0.05) is 12.1 Å². The molecule has 2 aromatic carbocycles. The molecule has 0 aromatic heterocycles. The molecule has 0 radical (unpaired) electrons. The monoisotopic (exact) mass is 386 g/mol. The first-order chi connectivity index (χ1) is 13.5. The molecule has 0 aliphatic rings. The number of hydrogen-bond acceptors (Lipinski definition) is 3. The molecule has 0 atom stereocenters. The van der Waals surface area contributed by atoms with Crippen molar-refractivity contribution in [3.8, 4) is 5.75 Å². The largest absolute Gasteiger partial charge is 0.496 e. The van der Waals surface area contributed by atoms with Crippen LogP contribution < -0.4 is 20.7 Å². The molecule has 6 nitrogen and oxygen atoms in total. The Labute approximate surface area is 165 Å². The molecule has 0 bridgehead atoms. The van der Waals surface area contributed by atoms with Crippen LogP contribution in [0.2, 0.25) is 0 Å². The van der Waals surface area contributed by atoms with Crippen LogP contribution in [0.5, 0.6) is 5.75 Å². The third kappa shape index (κ3) is 6.90. The number of ether oxygens (including phenoxy) is 1. The number of aryl methyl sites for hydroxylation is 1.